The molecule has 0 atom stereocenters. The highest BCUT2D eigenvalue weighted by Crippen LogP contribution is 2.40. The van der Waals surface area contributed by atoms with E-state index in [0.717, 1.165) is 18.4 Å². The van der Waals surface area contributed by atoms with Gasteiger partial charge in [0.2, 0.25) is 5.82 Å². The summed E-state index contributed by atoms with van der Waals surface area (Å²) < 4.78 is 1.75. The van der Waals surface area contributed by atoms with Crippen molar-refractivity contribution in [2.24, 2.45) is 0 Å². The third kappa shape index (κ3) is 1.30. The number of carbonyl (C=O) groups is 1. The Hall–Kier alpha value is -1.55. The van der Waals surface area contributed by atoms with Gasteiger partial charge in [-0.3, -0.25) is 0 Å². The summed E-state index contributed by atoms with van der Waals surface area (Å²) in [5, 5.41) is 9.67. The topological polar surface area (TPSA) is 55.1 Å². The fourth-order valence-corrected chi connectivity index (χ4v) is 2.21. The number of aromatic nitrogens is 2. The van der Waals surface area contributed by atoms with Gasteiger partial charge < -0.3 is 9.67 Å². The predicted octanol–water partition coefficient (Wildman–Crippen LogP) is 2.72. The zero-order valence-electron chi connectivity index (χ0n) is 8.35. The number of rotatable bonds is 2. The number of carboxylic acids is 1. The molecule has 16 heavy (non-hydrogen) atoms. The fraction of sp³-hybridized carbons (Fsp3) is 0.273. The van der Waals surface area contributed by atoms with E-state index < -0.39 is 5.97 Å². The molecule has 0 amide bonds. The van der Waals surface area contributed by atoms with Crippen molar-refractivity contribution in [3.8, 4) is 0 Å². The van der Waals surface area contributed by atoms with Crippen LogP contribution in [0.4, 0.5) is 0 Å². The zero-order valence-corrected chi connectivity index (χ0v) is 9.11. The molecule has 0 spiro atoms. The van der Waals surface area contributed by atoms with E-state index in [1.165, 1.54) is 0 Å². The highest BCUT2D eigenvalue weighted by Gasteiger charge is 2.31. The number of aromatic carboxylic acids is 1. The molecule has 5 heteroatoms. The third-order valence-electron chi connectivity index (χ3n) is 2.76. The van der Waals surface area contributed by atoms with Crippen molar-refractivity contribution in [3.63, 3.8) is 0 Å². The number of benzene rings is 1. The smallest absolute Gasteiger partial charge is 0.372 e. The Labute approximate surface area is 96.5 Å². The fourth-order valence-electron chi connectivity index (χ4n) is 1.95. The number of hydrogen-bond acceptors (Lipinski definition) is 2. The molecule has 1 saturated carbocycles. The Kier molecular flexibility index (Phi) is 1.94. The summed E-state index contributed by atoms with van der Waals surface area (Å²) in [6.07, 6.45) is 1.99. The first-order chi connectivity index (χ1) is 7.68. The first kappa shape index (κ1) is 9.66. The van der Waals surface area contributed by atoms with Gasteiger partial charge in [0.1, 0.15) is 0 Å². The molecule has 0 aliphatic heterocycles. The van der Waals surface area contributed by atoms with Gasteiger partial charge in [-0.25, -0.2) is 9.78 Å². The molecule has 1 aromatic heterocycles. The maximum Gasteiger partial charge on any atom is 0.372 e. The maximum atomic E-state index is 11.1. The minimum absolute atomic E-state index is 0.0885. The highest BCUT2D eigenvalue weighted by atomic mass is 35.5. The van der Waals surface area contributed by atoms with Gasteiger partial charge in [0.25, 0.3) is 0 Å². The van der Waals surface area contributed by atoms with Crippen molar-refractivity contribution in [2.45, 2.75) is 18.9 Å². The van der Waals surface area contributed by atoms with Crippen LogP contribution in [0.5, 0.6) is 0 Å². The van der Waals surface area contributed by atoms with Crippen LogP contribution in [0, 0.1) is 0 Å². The average Bonchev–Trinajstić information content (AvgIpc) is 2.99. The standard InChI is InChI=1S/C11H9ClN2O2/c12-7-2-1-3-8-9(7)14(6-4-5-6)10(13-8)11(15)16/h1-3,6H,4-5H2,(H,15,16). The summed E-state index contributed by atoms with van der Waals surface area (Å²) in [5.74, 6) is -0.912. The van der Waals surface area contributed by atoms with E-state index >= 15 is 0 Å². The second-order valence-corrected chi connectivity index (χ2v) is 4.36. The number of carboxylic acid groups (broad SMARTS) is 1. The van der Waals surface area contributed by atoms with Crippen LogP contribution in [0.1, 0.15) is 29.5 Å². The Bertz CT molecular complexity index is 587. The summed E-state index contributed by atoms with van der Waals surface area (Å²) in [6.45, 7) is 0. The molecule has 1 aliphatic carbocycles. The second-order valence-electron chi connectivity index (χ2n) is 3.95. The van der Waals surface area contributed by atoms with E-state index in [2.05, 4.69) is 4.98 Å². The molecule has 0 radical (unpaired) electrons. The molecular weight excluding hydrogens is 228 g/mol. The molecule has 1 N–H and O–H groups in total. The zero-order chi connectivity index (χ0) is 11.3. The van der Waals surface area contributed by atoms with E-state index in [4.69, 9.17) is 16.7 Å². The predicted molar refractivity (Wildman–Crippen MR) is 60.0 cm³/mol. The van der Waals surface area contributed by atoms with Crippen molar-refractivity contribution in [2.75, 3.05) is 0 Å². The van der Waals surface area contributed by atoms with Crippen molar-refractivity contribution in [1.82, 2.24) is 9.55 Å². The minimum Gasteiger partial charge on any atom is -0.475 e. The van der Waals surface area contributed by atoms with Crippen LogP contribution in [0.25, 0.3) is 11.0 Å². The number of fused-ring (bicyclic) bond motifs is 1. The quantitative estimate of drug-likeness (QED) is 0.872. The lowest BCUT2D eigenvalue weighted by atomic mass is 10.3. The average molecular weight is 237 g/mol. The molecule has 0 saturated heterocycles. The molecule has 1 fully saturated rings. The van der Waals surface area contributed by atoms with Crippen molar-refractivity contribution in [3.05, 3.63) is 29.0 Å². The third-order valence-corrected chi connectivity index (χ3v) is 3.07. The number of para-hydroxylation sites is 1. The second kappa shape index (κ2) is 3.22. The van der Waals surface area contributed by atoms with Gasteiger partial charge in [-0.05, 0) is 25.0 Å². The van der Waals surface area contributed by atoms with Gasteiger partial charge in [-0.15, -0.1) is 0 Å². The van der Waals surface area contributed by atoms with E-state index in [0.29, 0.717) is 10.5 Å². The number of hydrogen-bond donors (Lipinski definition) is 1. The van der Waals surface area contributed by atoms with Crippen molar-refractivity contribution >= 4 is 28.6 Å². The van der Waals surface area contributed by atoms with Gasteiger partial charge in [0.15, 0.2) is 0 Å². The van der Waals surface area contributed by atoms with Crippen molar-refractivity contribution in [1.29, 1.82) is 0 Å². The van der Waals surface area contributed by atoms with Crippen LogP contribution in [0.2, 0.25) is 5.02 Å². The van der Waals surface area contributed by atoms with Gasteiger partial charge in [0, 0.05) is 6.04 Å². The summed E-state index contributed by atoms with van der Waals surface area (Å²) in [6, 6.07) is 5.57. The van der Waals surface area contributed by atoms with Gasteiger partial charge in [0.05, 0.1) is 16.1 Å². The molecule has 0 unspecified atom stereocenters. The monoisotopic (exact) mass is 236 g/mol. The van der Waals surface area contributed by atoms with Crippen LogP contribution < -0.4 is 0 Å². The molecule has 1 aromatic carbocycles. The Morgan fingerprint density at radius 3 is 2.88 bits per heavy atom. The number of nitrogens with zero attached hydrogens (tertiary/aromatic N) is 2. The van der Waals surface area contributed by atoms with Gasteiger partial charge >= 0.3 is 5.97 Å². The normalized spacial score (nSPS) is 15.6. The summed E-state index contributed by atoms with van der Waals surface area (Å²) in [7, 11) is 0. The number of halogens is 1. The lowest BCUT2D eigenvalue weighted by Crippen LogP contribution is -2.08. The van der Waals surface area contributed by atoms with Crippen LogP contribution in [-0.2, 0) is 0 Å². The molecule has 3 rings (SSSR count). The first-order valence-electron chi connectivity index (χ1n) is 5.08. The maximum absolute atomic E-state index is 11.1. The van der Waals surface area contributed by atoms with Crippen LogP contribution >= 0.6 is 11.6 Å². The van der Waals surface area contributed by atoms with Crippen molar-refractivity contribution < 1.29 is 9.90 Å². The van der Waals surface area contributed by atoms with E-state index in [1.807, 2.05) is 0 Å². The highest BCUT2D eigenvalue weighted by molar-refractivity contribution is 6.35. The van der Waals surface area contributed by atoms with Crippen LogP contribution in [0.3, 0.4) is 0 Å². The van der Waals surface area contributed by atoms with Crippen LogP contribution in [0.15, 0.2) is 18.2 Å². The van der Waals surface area contributed by atoms with E-state index in [-0.39, 0.29) is 11.9 Å². The Morgan fingerprint density at radius 2 is 2.25 bits per heavy atom. The molecule has 0 bridgehead atoms. The van der Waals surface area contributed by atoms with Gasteiger partial charge in [-0.1, -0.05) is 17.7 Å². The SMILES string of the molecule is O=C(O)c1nc2cccc(Cl)c2n1C1CC1. The first-order valence-corrected chi connectivity index (χ1v) is 5.46. The molecule has 4 nitrogen and oxygen atoms in total. The summed E-state index contributed by atoms with van der Waals surface area (Å²) >= 11 is 6.10. The number of imidazole rings is 1. The molecule has 1 heterocycles. The minimum atomic E-state index is -1.00. The van der Waals surface area contributed by atoms with Gasteiger partial charge in [-0.2, -0.15) is 0 Å². The molecule has 2 aromatic rings. The van der Waals surface area contributed by atoms with Crippen LogP contribution in [-0.4, -0.2) is 20.6 Å². The lowest BCUT2D eigenvalue weighted by Gasteiger charge is -2.04. The van der Waals surface area contributed by atoms with E-state index in [1.54, 1.807) is 22.8 Å². The summed E-state index contributed by atoms with van der Waals surface area (Å²) in [4.78, 5) is 15.2. The molecule has 1 aliphatic rings. The lowest BCUT2D eigenvalue weighted by molar-refractivity contribution is 0.0678. The van der Waals surface area contributed by atoms with E-state index in [9.17, 15) is 4.79 Å². The largest absolute Gasteiger partial charge is 0.475 e. The summed E-state index contributed by atoms with van der Waals surface area (Å²) in [5.41, 5.74) is 1.39. The molecular formula is C11H9ClN2O2. The Morgan fingerprint density at radius 1 is 1.50 bits per heavy atom. The Balaban J connectivity index is 2.38. The molecule has 82 valence electrons.